The minimum absolute atomic E-state index is 0.129. The minimum atomic E-state index is -0.730. The van der Waals surface area contributed by atoms with Gasteiger partial charge in [-0.15, -0.1) is 0 Å². The number of anilines is 1. The van der Waals surface area contributed by atoms with Crippen LogP contribution in [-0.4, -0.2) is 26.0 Å². The van der Waals surface area contributed by atoms with Gasteiger partial charge in [0.25, 0.3) is 5.56 Å². The van der Waals surface area contributed by atoms with Gasteiger partial charge in [0, 0.05) is 11.9 Å². The third kappa shape index (κ3) is 4.41. The van der Waals surface area contributed by atoms with Gasteiger partial charge >= 0.3 is 5.69 Å². The summed E-state index contributed by atoms with van der Waals surface area (Å²) in [6.07, 6.45) is 9.07. The van der Waals surface area contributed by atoms with Gasteiger partial charge in [-0.1, -0.05) is 18.2 Å². The molecular weight excluding hydrogens is 496 g/mol. The van der Waals surface area contributed by atoms with E-state index in [1.165, 1.54) is 50.3 Å². The van der Waals surface area contributed by atoms with Crippen LogP contribution in [0.5, 0.6) is 5.88 Å². The largest absolute Gasteiger partial charge is 0.493 e. The number of hydrogen-bond donors (Lipinski definition) is 3. The maximum absolute atomic E-state index is 12.7. The Bertz CT molecular complexity index is 1530. The number of rotatable bonds is 4. The van der Waals surface area contributed by atoms with Gasteiger partial charge in [0.05, 0.1) is 5.69 Å². The molecule has 8 heteroatoms. The van der Waals surface area contributed by atoms with Crippen LogP contribution in [0.2, 0.25) is 0 Å². The Morgan fingerprint density at radius 2 is 1.66 bits per heavy atom. The van der Waals surface area contributed by atoms with Crippen LogP contribution in [0, 0.1) is 31.6 Å². The summed E-state index contributed by atoms with van der Waals surface area (Å²) in [5.74, 6) is 2.04. The number of hydrogen-bond acceptors (Lipinski definition) is 4. The quantitative estimate of drug-likeness (QED) is 0.322. The second-order valence-corrected chi connectivity index (χ2v) is 12.0. The summed E-state index contributed by atoms with van der Waals surface area (Å²) in [5.41, 5.74) is 3.52. The number of nitrogens with one attached hydrogen (secondary N) is 2. The van der Waals surface area contributed by atoms with E-state index in [4.69, 9.17) is 12.2 Å². The number of thiocarbonyl (C=S) groups is 1. The fourth-order valence-electron chi connectivity index (χ4n) is 7.42. The lowest BCUT2D eigenvalue weighted by Gasteiger charge is -2.57. The molecule has 0 aliphatic heterocycles. The van der Waals surface area contributed by atoms with Crippen LogP contribution in [0.4, 0.5) is 5.69 Å². The minimum Gasteiger partial charge on any atom is -0.493 e. The molecule has 38 heavy (non-hydrogen) atoms. The Balaban J connectivity index is 1.26. The molecule has 0 radical (unpaired) electrons. The van der Waals surface area contributed by atoms with E-state index in [9.17, 15) is 14.7 Å². The van der Waals surface area contributed by atoms with Crippen molar-refractivity contribution in [3.05, 3.63) is 85.6 Å². The number of nitrogens with zero attached hydrogens (tertiary/aromatic N) is 2. The normalized spacial score (nSPS) is 25.7. The topological polar surface area (TPSA) is 99.5 Å². The molecule has 0 atom stereocenters. The van der Waals surface area contributed by atoms with Gasteiger partial charge in [0.15, 0.2) is 5.11 Å². The first-order valence-electron chi connectivity index (χ1n) is 13.3. The van der Waals surface area contributed by atoms with Crippen molar-refractivity contribution in [2.24, 2.45) is 22.7 Å². The highest BCUT2D eigenvalue weighted by molar-refractivity contribution is 7.80. The van der Waals surface area contributed by atoms with Gasteiger partial charge in [0.1, 0.15) is 5.56 Å². The summed E-state index contributed by atoms with van der Waals surface area (Å²) in [5, 5.41) is 14.1. The predicted octanol–water partition coefficient (Wildman–Crippen LogP) is 5.13. The van der Waals surface area contributed by atoms with Gasteiger partial charge in [-0.05, 0) is 129 Å². The molecule has 1 heterocycles. The molecule has 0 amide bonds. The first-order chi connectivity index (χ1) is 18.2. The van der Waals surface area contributed by atoms with E-state index in [0.29, 0.717) is 5.69 Å². The highest BCUT2D eigenvalue weighted by atomic mass is 32.1. The average molecular weight is 529 g/mol. The summed E-state index contributed by atoms with van der Waals surface area (Å²) in [6, 6.07) is 13.7. The van der Waals surface area contributed by atoms with Crippen molar-refractivity contribution in [3.63, 3.8) is 0 Å². The molecule has 4 saturated carbocycles. The number of aryl methyl sites for hydroxylation is 2. The van der Waals surface area contributed by atoms with Gasteiger partial charge in [-0.25, -0.2) is 14.4 Å². The van der Waals surface area contributed by atoms with E-state index in [2.05, 4.69) is 27.4 Å². The Labute approximate surface area is 226 Å². The Morgan fingerprint density at radius 3 is 2.26 bits per heavy atom. The van der Waals surface area contributed by atoms with E-state index in [1.54, 1.807) is 0 Å². The molecule has 3 N–H and O–H groups in total. The van der Waals surface area contributed by atoms with E-state index >= 15 is 0 Å². The van der Waals surface area contributed by atoms with E-state index in [0.717, 1.165) is 39.1 Å². The predicted molar refractivity (Wildman–Crippen MR) is 154 cm³/mol. The van der Waals surface area contributed by atoms with E-state index in [1.807, 2.05) is 44.2 Å². The van der Waals surface area contributed by atoms with Crippen molar-refractivity contribution in [2.75, 3.05) is 5.32 Å². The molecule has 0 spiro atoms. The molecule has 4 bridgehead atoms. The van der Waals surface area contributed by atoms with Gasteiger partial charge < -0.3 is 10.4 Å². The highest BCUT2D eigenvalue weighted by Gasteiger charge is 2.51. The van der Waals surface area contributed by atoms with Crippen LogP contribution in [0.1, 0.15) is 60.8 Å². The van der Waals surface area contributed by atoms with Crippen molar-refractivity contribution in [2.45, 2.75) is 57.8 Å². The van der Waals surface area contributed by atoms with Crippen LogP contribution in [-0.2, 0) is 5.41 Å². The fourth-order valence-corrected chi connectivity index (χ4v) is 7.59. The lowest BCUT2D eigenvalue weighted by Crippen LogP contribution is -2.48. The maximum atomic E-state index is 12.7. The Kier molecular flexibility index (Phi) is 6.10. The number of aromatic amines is 1. The molecule has 196 valence electrons. The number of aromatic nitrogens is 2. The second kappa shape index (κ2) is 9.34. The number of aromatic hydroxyl groups is 1. The monoisotopic (exact) mass is 528 g/mol. The summed E-state index contributed by atoms with van der Waals surface area (Å²) < 4.78 is 1.10. The first-order valence-corrected chi connectivity index (χ1v) is 13.7. The summed E-state index contributed by atoms with van der Waals surface area (Å²) in [6.45, 7) is 4.03. The molecule has 4 aliphatic carbocycles. The molecule has 3 aromatic rings. The van der Waals surface area contributed by atoms with Gasteiger partial charge in [-0.3, -0.25) is 9.78 Å². The average Bonchev–Trinajstić information content (AvgIpc) is 2.85. The van der Waals surface area contributed by atoms with Crippen LogP contribution in [0.15, 0.2) is 57.0 Å². The third-order valence-corrected chi connectivity index (χ3v) is 9.17. The molecule has 0 unspecified atom stereocenters. The smallest absolute Gasteiger partial charge is 0.335 e. The zero-order valence-electron chi connectivity index (χ0n) is 21.7. The molecule has 4 fully saturated rings. The number of benzene rings is 2. The highest BCUT2D eigenvalue weighted by Crippen LogP contribution is 2.60. The summed E-state index contributed by atoms with van der Waals surface area (Å²) >= 11 is 5.30. The van der Waals surface area contributed by atoms with Crippen LogP contribution >= 0.6 is 12.2 Å². The molecule has 0 saturated heterocycles. The van der Waals surface area contributed by atoms with Crippen molar-refractivity contribution in [1.29, 1.82) is 0 Å². The zero-order chi connectivity index (χ0) is 26.6. The van der Waals surface area contributed by atoms with Crippen molar-refractivity contribution < 1.29 is 5.11 Å². The zero-order valence-corrected chi connectivity index (χ0v) is 22.5. The van der Waals surface area contributed by atoms with Gasteiger partial charge in [0.2, 0.25) is 5.88 Å². The Hall–Kier alpha value is -3.52. The fraction of sp³-hybridized carbons (Fsp3) is 0.400. The molecule has 2 aromatic carbocycles. The van der Waals surface area contributed by atoms with Crippen LogP contribution < -0.4 is 16.6 Å². The van der Waals surface area contributed by atoms with Crippen molar-refractivity contribution in [3.8, 4) is 11.6 Å². The Morgan fingerprint density at radius 1 is 1.03 bits per heavy atom. The molecular formula is C30H32N4O3S. The summed E-state index contributed by atoms with van der Waals surface area (Å²) in [7, 11) is 0. The van der Waals surface area contributed by atoms with E-state index < -0.39 is 17.1 Å². The molecule has 1 aromatic heterocycles. The van der Waals surface area contributed by atoms with Crippen molar-refractivity contribution in [1.82, 2.24) is 9.55 Å². The van der Waals surface area contributed by atoms with Gasteiger partial charge in [-0.2, -0.15) is 0 Å². The second-order valence-electron chi connectivity index (χ2n) is 11.6. The lowest BCUT2D eigenvalue weighted by atomic mass is 9.48. The number of aliphatic imine (C=N–C) groups is 1. The third-order valence-electron chi connectivity index (χ3n) is 8.97. The van der Waals surface area contributed by atoms with Crippen LogP contribution in [0.25, 0.3) is 5.69 Å². The SMILES string of the molecule is Cc1ccc(NC(=S)N=Cc2c(O)n(-c3ccc(C45CC6CC(CC(C6)C4)C5)cc3)c(=O)[nH]c2=O)cc1C. The lowest BCUT2D eigenvalue weighted by molar-refractivity contribution is -0.00518. The molecule has 7 rings (SSSR count). The number of H-pyrrole nitrogens is 1. The summed E-state index contributed by atoms with van der Waals surface area (Å²) in [4.78, 5) is 31.7. The first kappa shape index (κ1) is 24.8. The molecule has 4 aliphatic rings. The van der Waals surface area contributed by atoms with Crippen molar-refractivity contribution >= 4 is 29.2 Å². The van der Waals surface area contributed by atoms with Crippen LogP contribution in [0.3, 0.4) is 0 Å². The maximum Gasteiger partial charge on any atom is 0.335 e. The molecule has 7 nitrogen and oxygen atoms in total. The standard InChI is InChI=1S/C30H32N4O3S/c1-17-3-6-23(9-18(17)2)32-28(38)31-16-25-26(35)33-29(37)34(27(25)36)24-7-4-22(5-8-24)30-13-19-10-20(14-30)12-21(11-19)15-30/h3-9,16,19-21,36H,10-15H2,1-2H3,(H,32,38)(H,33,35,37). The van der Waals surface area contributed by atoms with E-state index in [-0.39, 0.29) is 16.1 Å².